The number of amides is 2. The normalized spacial score (nSPS) is 15.2. The Morgan fingerprint density at radius 2 is 1.76 bits per heavy atom. The quantitative estimate of drug-likeness (QED) is 0.382. The lowest BCUT2D eigenvalue weighted by atomic mass is 9.83. The van der Waals surface area contributed by atoms with Gasteiger partial charge in [-0.25, -0.2) is 14.4 Å². The van der Waals surface area contributed by atoms with Crippen LogP contribution in [0.2, 0.25) is 0 Å². The molecule has 0 aliphatic heterocycles. The molecule has 2 amide bonds. The summed E-state index contributed by atoms with van der Waals surface area (Å²) >= 11 is 0. The van der Waals surface area contributed by atoms with Gasteiger partial charge in [0.1, 0.15) is 5.52 Å². The van der Waals surface area contributed by atoms with Crippen molar-refractivity contribution in [1.29, 1.82) is 0 Å². The van der Waals surface area contributed by atoms with Crippen molar-refractivity contribution in [3.8, 4) is 11.3 Å². The van der Waals surface area contributed by atoms with E-state index in [1.165, 1.54) is 13.0 Å². The van der Waals surface area contributed by atoms with E-state index in [1.54, 1.807) is 36.4 Å². The highest BCUT2D eigenvalue weighted by Crippen LogP contribution is 2.39. The number of primary amides is 1. The zero-order valence-corrected chi connectivity index (χ0v) is 20.5. The second kappa shape index (κ2) is 10.8. The van der Waals surface area contributed by atoms with E-state index >= 15 is 4.39 Å². The van der Waals surface area contributed by atoms with Gasteiger partial charge in [-0.05, 0) is 31.2 Å². The van der Waals surface area contributed by atoms with Gasteiger partial charge in [-0.2, -0.15) is 13.2 Å². The SMILES string of the molecule is Cc1ccc2c(-c3ccccc3)nc(NC(=O)[C@H](CCC(F)(F)F)[C@H](CC3CC3)C(N)=O)c(=O)nc2c1F. The maximum Gasteiger partial charge on any atom is 0.389 e. The van der Waals surface area contributed by atoms with E-state index < -0.39 is 59.9 Å². The number of benzene rings is 2. The zero-order valence-electron chi connectivity index (χ0n) is 20.5. The third-order valence-electron chi connectivity index (χ3n) is 6.70. The maximum atomic E-state index is 15.0. The highest BCUT2D eigenvalue weighted by atomic mass is 19.4. The Balaban J connectivity index is 1.80. The molecule has 3 aromatic rings. The largest absolute Gasteiger partial charge is 0.389 e. The highest BCUT2D eigenvalue weighted by molar-refractivity contribution is 5.97. The third-order valence-corrected chi connectivity index (χ3v) is 6.70. The molecule has 1 heterocycles. The van der Waals surface area contributed by atoms with Crippen LogP contribution < -0.4 is 16.6 Å². The molecule has 0 bridgehead atoms. The Morgan fingerprint density at radius 3 is 2.37 bits per heavy atom. The molecule has 0 spiro atoms. The number of hydrogen-bond donors (Lipinski definition) is 2. The summed E-state index contributed by atoms with van der Waals surface area (Å²) in [5.41, 5.74) is 5.02. The molecule has 0 saturated heterocycles. The predicted octanol–water partition coefficient (Wildman–Crippen LogP) is 4.90. The number of aromatic nitrogens is 2. The minimum absolute atomic E-state index is 0.0965. The number of anilines is 1. The van der Waals surface area contributed by atoms with Crippen molar-refractivity contribution in [1.82, 2.24) is 9.97 Å². The number of halogens is 4. The second-order valence-corrected chi connectivity index (χ2v) is 9.62. The van der Waals surface area contributed by atoms with Gasteiger partial charge in [0.2, 0.25) is 17.6 Å². The number of nitrogens with one attached hydrogen (secondary N) is 1. The number of nitrogens with two attached hydrogens (primary N) is 1. The lowest BCUT2D eigenvalue weighted by molar-refractivity contribution is -0.144. The molecule has 11 heteroatoms. The van der Waals surface area contributed by atoms with Crippen molar-refractivity contribution in [2.75, 3.05) is 5.32 Å². The topological polar surface area (TPSA) is 115 Å². The molecule has 1 aliphatic carbocycles. The van der Waals surface area contributed by atoms with Crippen LogP contribution in [0, 0.1) is 30.5 Å². The molecule has 4 rings (SSSR count). The summed E-state index contributed by atoms with van der Waals surface area (Å²) in [5, 5.41) is 2.50. The van der Waals surface area contributed by atoms with E-state index in [-0.39, 0.29) is 34.5 Å². The molecule has 7 nitrogen and oxygen atoms in total. The van der Waals surface area contributed by atoms with Crippen LogP contribution in [-0.2, 0) is 9.59 Å². The standard InChI is InChI=1S/C27H26F4N4O3/c1-14-7-10-18-21(16-5-3-2-4-6-16)33-24(26(38)34-22(18)20(14)28)35-25(37)17(11-12-27(29,30)31)19(23(32)36)13-15-8-9-15/h2-7,10,15,17,19H,8-9,11-13H2,1H3,(H2,32,36)(H,33,34,35,37,38)/t17-,19+/m1/s1. The van der Waals surface area contributed by atoms with E-state index in [1.807, 2.05) is 0 Å². The van der Waals surface area contributed by atoms with Crippen LogP contribution in [0.25, 0.3) is 22.2 Å². The molecular weight excluding hydrogens is 504 g/mol. The Hall–Kier alpha value is -3.89. The Bertz CT molecular complexity index is 1430. The minimum atomic E-state index is -4.57. The molecular formula is C27H26F4N4O3. The fourth-order valence-electron chi connectivity index (χ4n) is 4.47. The smallest absolute Gasteiger partial charge is 0.369 e. The van der Waals surface area contributed by atoms with Gasteiger partial charge in [0.25, 0.3) is 0 Å². The number of hydrogen-bond acceptors (Lipinski definition) is 5. The maximum absolute atomic E-state index is 15.0. The van der Waals surface area contributed by atoms with Gasteiger partial charge in [0, 0.05) is 23.3 Å². The van der Waals surface area contributed by atoms with E-state index in [4.69, 9.17) is 5.73 Å². The summed E-state index contributed by atoms with van der Waals surface area (Å²) < 4.78 is 54.2. The highest BCUT2D eigenvalue weighted by Gasteiger charge is 2.40. The molecule has 1 aliphatic rings. The predicted molar refractivity (Wildman–Crippen MR) is 133 cm³/mol. The van der Waals surface area contributed by atoms with Gasteiger partial charge in [-0.15, -0.1) is 0 Å². The van der Waals surface area contributed by atoms with Gasteiger partial charge < -0.3 is 11.1 Å². The second-order valence-electron chi connectivity index (χ2n) is 9.62. The first-order valence-corrected chi connectivity index (χ1v) is 12.2. The van der Waals surface area contributed by atoms with Gasteiger partial charge in [-0.3, -0.25) is 14.4 Å². The fraction of sp³-hybridized carbons (Fsp3) is 0.370. The van der Waals surface area contributed by atoms with E-state index in [9.17, 15) is 27.6 Å². The van der Waals surface area contributed by atoms with Crippen molar-refractivity contribution in [3.63, 3.8) is 0 Å². The number of nitrogens with zero attached hydrogens (tertiary/aromatic N) is 2. The van der Waals surface area contributed by atoms with Crippen LogP contribution >= 0.6 is 0 Å². The van der Waals surface area contributed by atoms with Crippen molar-refractivity contribution in [2.24, 2.45) is 23.5 Å². The van der Waals surface area contributed by atoms with E-state index in [2.05, 4.69) is 15.3 Å². The van der Waals surface area contributed by atoms with Crippen LogP contribution in [0.4, 0.5) is 23.4 Å². The van der Waals surface area contributed by atoms with Crippen molar-refractivity contribution >= 4 is 28.5 Å². The average Bonchev–Trinajstić information content (AvgIpc) is 3.69. The van der Waals surface area contributed by atoms with E-state index in [0.717, 1.165) is 12.8 Å². The van der Waals surface area contributed by atoms with Gasteiger partial charge in [0.15, 0.2) is 5.82 Å². The lowest BCUT2D eigenvalue weighted by Crippen LogP contribution is -2.39. The summed E-state index contributed by atoms with van der Waals surface area (Å²) in [6, 6.07) is 11.5. The first kappa shape index (κ1) is 27.2. The van der Waals surface area contributed by atoms with Crippen molar-refractivity contribution < 1.29 is 27.2 Å². The molecule has 200 valence electrons. The lowest BCUT2D eigenvalue weighted by Gasteiger charge is -2.24. The first-order valence-electron chi connectivity index (χ1n) is 12.2. The van der Waals surface area contributed by atoms with E-state index in [0.29, 0.717) is 5.56 Å². The van der Waals surface area contributed by atoms with Crippen molar-refractivity contribution in [3.05, 3.63) is 64.2 Å². The molecule has 2 aromatic carbocycles. The first-order chi connectivity index (χ1) is 17.9. The molecule has 1 saturated carbocycles. The number of fused-ring (bicyclic) bond motifs is 1. The van der Waals surface area contributed by atoms with Crippen LogP contribution in [0.5, 0.6) is 0 Å². The molecule has 0 radical (unpaired) electrons. The molecule has 0 unspecified atom stereocenters. The summed E-state index contributed by atoms with van der Waals surface area (Å²) in [6.07, 6.45) is -4.83. The average molecular weight is 531 g/mol. The summed E-state index contributed by atoms with van der Waals surface area (Å²) in [6.45, 7) is 1.50. The number of alkyl halides is 3. The van der Waals surface area contributed by atoms with Crippen LogP contribution in [-0.4, -0.2) is 28.0 Å². The van der Waals surface area contributed by atoms with Crippen LogP contribution in [0.1, 0.15) is 37.7 Å². The number of rotatable bonds is 9. The minimum Gasteiger partial charge on any atom is -0.369 e. The molecule has 2 atom stereocenters. The number of carbonyl (C=O) groups excluding carboxylic acids is 2. The fourth-order valence-corrected chi connectivity index (χ4v) is 4.47. The molecule has 1 fully saturated rings. The van der Waals surface area contributed by atoms with Gasteiger partial charge in [0.05, 0.1) is 11.6 Å². The zero-order chi connectivity index (χ0) is 27.6. The van der Waals surface area contributed by atoms with Crippen molar-refractivity contribution in [2.45, 2.75) is 45.2 Å². The third kappa shape index (κ3) is 6.32. The molecule has 38 heavy (non-hydrogen) atoms. The Labute approximate surface area is 215 Å². The summed E-state index contributed by atoms with van der Waals surface area (Å²) in [4.78, 5) is 46.7. The number of aryl methyl sites for hydroxylation is 1. The monoisotopic (exact) mass is 530 g/mol. The van der Waals surface area contributed by atoms with Crippen LogP contribution in [0.3, 0.4) is 0 Å². The number of carbonyl (C=O) groups is 2. The van der Waals surface area contributed by atoms with Gasteiger partial charge in [-0.1, -0.05) is 55.3 Å². The summed E-state index contributed by atoms with van der Waals surface area (Å²) in [5.74, 6) is -5.73. The summed E-state index contributed by atoms with van der Waals surface area (Å²) in [7, 11) is 0. The van der Waals surface area contributed by atoms with Gasteiger partial charge >= 0.3 is 11.7 Å². The van der Waals surface area contributed by atoms with Crippen LogP contribution in [0.15, 0.2) is 47.3 Å². The Kier molecular flexibility index (Phi) is 7.75. The molecule has 1 aromatic heterocycles. The Morgan fingerprint density at radius 1 is 1.08 bits per heavy atom. The molecule has 3 N–H and O–H groups in total.